The van der Waals surface area contributed by atoms with Crippen molar-refractivity contribution < 1.29 is 14.5 Å². The molecule has 0 atom stereocenters. The Morgan fingerprint density at radius 2 is 1.50 bits per heavy atom. The molecule has 0 aliphatic carbocycles. The van der Waals surface area contributed by atoms with Crippen molar-refractivity contribution in [1.29, 1.82) is 0 Å². The number of hydrogen-bond acceptors (Lipinski definition) is 3. The first-order valence-electron chi connectivity index (χ1n) is 2.56. The maximum Gasteiger partial charge on any atom is 0.0845 e. The fourth-order valence-electron chi connectivity index (χ4n) is 0.295. The van der Waals surface area contributed by atoms with Crippen LogP contribution in [0.3, 0.4) is 0 Å². The molecule has 0 amide bonds. The van der Waals surface area contributed by atoms with Crippen molar-refractivity contribution in [3.8, 4) is 0 Å². The summed E-state index contributed by atoms with van der Waals surface area (Å²) in [4.78, 5) is 8.89. The first-order valence-corrected chi connectivity index (χ1v) is 2.56. The van der Waals surface area contributed by atoms with E-state index in [1.54, 1.807) is 14.2 Å². The van der Waals surface area contributed by atoms with Crippen LogP contribution in [-0.4, -0.2) is 27.4 Å². The monoisotopic (exact) mass is 120 g/mol. The molecule has 1 fully saturated rings. The van der Waals surface area contributed by atoms with E-state index in [0.29, 0.717) is 0 Å². The minimum absolute atomic E-state index is 0.778. The van der Waals surface area contributed by atoms with Gasteiger partial charge in [-0.1, -0.05) is 0 Å². The van der Waals surface area contributed by atoms with Crippen LogP contribution in [0.5, 0.6) is 0 Å². The molecule has 3 nitrogen and oxygen atoms in total. The highest BCUT2D eigenvalue weighted by molar-refractivity contribution is 4.31. The van der Waals surface area contributed by atoms with E-state index in [1.807, 2.05) is 0 Å². The lowest BCUT2D eigenvalue weighted by molar-refractivity contribution is -0.248. The zero-order chi connectivity index (χ0) is 6.24. The molecule has 1 rings (SSSR count). The number of methoxy groups -OCH3 is 1. The van der Waals surface area contributed by atoms with Crippen molar-refractivity contribution in [3.63, 3.8) is 0 Å². The molecule has 0 aromatic rings. The molecule has 1 aliphatic rings. The maximum atomic E-state index is 4.44. The minimum Gasteiger partial charge on any atom is -0.388 e. The van der Waals surface area contributed by atoms with Gasteiger partial charge in [0.1, 0.15) is 0 Å². The molecule has 0 aromatic heterocycles. The lowest BCUT2D eigenvalue weighted by Gasteiger charge is -1.77. The Bertz CT molecular complexity index is 27.0. The third-order valence-electron chi connectivity index (χ3n) is 0.539. The first-order chi connectivity index (χ1) is 3.91. The highest BCUT2D eigenvalue weighted by Gasteiger charge is 1.95. The summed E-state index contributed by atoms with van der Waals surface area (Å²) in [5.74, 6) is 0. The molecule has 1 saturated heterocycles. The van der Waals surface area contributed by atoms with Crippen LogP contribution in [0, 0.1) is 0 Å². The predicted molar refractivity (Wildman–Crippen MR) is 29.5 cm³/mol. The quantitative estimate of drug-likeness (QED) is 0.438. The fraction of sp³-hybridized carbons (Fsp3) is 1.00. The van der Waals surface area contributed by atoms with Gasteiger partial charge in [0.2, 0.25) is 0 Å². The van der Waals surface area contributed by atoms with E-state index < -0.39 is 0 Å². The molecular formula is C5H12O3. The second kappa shape index (κ2) is 6.88. The Hall–Kier alpha value is -0.120. The first kappa shape index (κ1) is 7.88. The summed E-state index contributed by atoms with van der Waals surface area (Å²) in [6.45, 7) is 1.56. The molecule has 0 unspecified atom stereocenters. The zero-order valence-electron chi connectivity index (χ0n) is 5.35. The lowest BCUT2D eigenvalue weighted by atomic mass is 10.5. The summed E-state index contributed by atoms with van der Waals surface area (Å²) in [6.07, 6.45) is 1.06. The zero-order valence-corrected chi connectivity index (χ0v) is 5.35. The standard InChI is InChI=1S/C3H6O2.C2H6O/c1-2-4-5-3-1;1-3-2/h1-3H2;1-2H3. The van der Waals surface area contributed by atoms with Gasteiger partial charge in [-0.05, 0) is 0 Å². The molecule has 50 valence electrons. The lowest BCUT2D eigenvalue weighted by Crippen LogP contribution is -1.72. The van der Waals surface area contributed by atoms with Gasteiger partial charge in [-0.15, -0.1) is 0 Å². The van der Waals surface area contributed by atoms with Crippen LogP contribution in [0.25, 0.3) is 0 Å². The molecule has 0 bridgehead atoms. The average molecular weight is 120 g/mol. The van der Waals surface area contributed by atoms with Crippen LogP contribution in [0.1, 0.15) is 6.42 Å². The third kappa shape index (κ3) is 5.88. The second-order valence-electron chi connectivity index (χ2n) is 1.41. The Balaban J connectivity index is 0.000000145. The van der Waals surface area contributed by atoms with Crippen molar-refractivity contribution in [1.82, 2.24) is 0 Å². The van der Waals surface area contributed by atoms with Crippen molar-refractivity contribution >= 4 is 0 Å². The summed E-state index contributed by atoms with van der Waals surface area (Å²) in [5, 5.41) is 0. The maximum absolute atomic E-state index is 4.44. The number of rotatable bonds is 0. The summed E-state index contributed by atoms with van der Waals surface area (Å²) in [6, 6.07) is 0. The third-order valence-corrected chi connectivity index (χ3v) is 0.539. The van der Waals surface area contributed by atoms with Gasteiger partial charge in [-0.25, -0.2) is 9.78 Å². The van der Waals surface area contributed by atoms with Gasteiger partial charge in [0.25, 0.3) is 0 Å². The summed E-state index contributed by atoms with van der Waals surface area (Å²) in [5.41, 5.74) is 0. The van der Waals surface area contributed by atoms with E-state index in [0.717, 1.165) is 19.6 Å². The molecule has 8 heavy (non-hydrogen) atoms. The molecule has 1 heterocycles. The minimum atomic E-state index is 0.778. The van der Waals surface area contributed by atoms with Crippen LogP contribution in [0.15, 0.2) is 0 Å². The van der Waals surface area contributed by atoms with Crippen molar-refractivity contribution in [2.75, 3.05) is 27.4 Å². The van der Waals surface area contributed by atoms with Crippen molar-refractivity contribution in [2.24, 2.45) is 0 Å². The molecule has 0 aromatic carbocycles. The van der Waals surface area contributed by atoms with Gasteiger partial charge in [-0.2, -0.15) is 0 Å². The van der Waals surface area contributed by atoms with Gasteiger partial charge in [0.05, 0.1) is 13.2 Å². The van der Waals surface area contributed by atoms with Gasteiger partial charge in [0.15, 0.2) is 0 Å². The van der Waals surface area contributed by atoms with E-state index in [2.05, 4.69) is 14.5 Å². The molecule has 0 radical (unpaired) electrons. The van der Waals surface area contributed by atoms with Gasteiger partial charge < -0.3 is 4.74 Å². The average Bonchev–Trinajstić information content (AvgIpc) is 2.17. The van der Waals surface area contributed by atoms with E-state index in [4.69, 9.17) is 0 Å². The Kier molecular flexibility index (Phi) is 6.78. The summed E-state index contributed by atoms with van der Waals surface area (Å²) in [7, 11) is 3.25. The number of ether oxygens (including phenoxy) is 1. The van der Waals surface area contributed by atoms with E-state index in [-0.39, 0.29) is 0 Å². The van der Waals surface area contributed by atoms with Crippen molar-refractivity contribution in [2.45, 2.75) is 6.42 Å². The molecule has 1 aliphatic heterocycles. The Labute approximate surface area is 49.5 Å². The highest BCUT2D eigenvalue weighted by atomic mass is 17.2. The van der Waals surface area contributed by atoms with Crippen LogP contribution in [-0.2, 0) is 14.5 Å². The SMILES string of the molecule is C1COOC1.COC. The number of hydrogen-bond donors (Lipinski definition) is 0. The van der Waals surface area contributed by atoms with E-state index in [9.17, 15) is 0 Å². The Morgan fingerprint density at radius 3 is 1.62 bits per heavy atom. The van der Waals surface area contributed by atoms with Gasteiger partial charge in [-0.3, -0.25) is 0 Å². The molecule has 0 spiro atoms. The van der Waals surface area contributed by atoms with Crippen LogP contribution < -0.4 is 0 Å². The Morgan fingerprint density at radius 1 is 1.12 bits per heavy atom. The molecular weight excluding hydrogens is 108 g/mol. The topological polar surface area (TPSA) is 27.7 Å². The smallest absolute Gasteiger partial charge is 0.0845 e. The summed E-state index contributed by atoms with van der Waals surface area (Å²) >= 11 is 0. The summed E-state index contributed by atoms with van der Waals surface area (Å²) < 4.78 is 4.25. The predicted octanol–water partition coefficient (Wildman–Crippen LogP) is 0.601. The van der Waals surface area contributed by atoms with Crippen LogP contribution >= 0.6 is 0 Å². The van der Waals surface area contributed by atoms with Gasteiger partial charge >= 0.3 is 0 Å². The normalized spacial score (nSPS) is 17.2. The largest absolute Gasteiger partial charge is 0.388 e. The fourth-order valence-corrected chi connectivity index (χ4v) is 0.295. The van der Waals surface area contributed by atoms with Crippen molar-refractivity contribution in [3.05, 3.63) is 0 Å². The molecule has 3 heteroatoms. The van der Waals surface area contributed by atoms with Crippen LogP contribution in [0.2, 0.25) is 0 Å². The second-order valence-corrected chi connectivity index (χ2v) is 1.41. The molecule has 0 saturated carbocycles. The van der Waals surface area contributed by atoms with Gasteiger partial charge in [0, 0.05) is 20.6 Å². The molecule has 0 N–H and O–H groups in total. The highest BCUT2D eigenvalue weighted by Crippen LogP contribution is 1.93. The van der Waals surface area contributed by atoms with E-state index in [1.165, 1.54) is 0 Å². The van der Waals surface area contributed by atoms with Crippen LogP contribution in [0.4, 0.5) is 0 Å². The van der Waals surface area contributed by atoms with E-state index >= 15 is 0 Å².